The second-order valence-corrected chi connectivity index (χ2v) is 10.7. The van der Waals surface area contributed by atoms with Gasteiger partial charge < -0.3 is 14.2 Å². The summed E-state index contributed by atoms with van der Waals surface area (Å²) in [6.07, 6.45) is 2.84. The normalized spacial score (nSPS) is 17.1. The summed E-state index contributed by atoms with van der Waals surface area (Å²) in [4.78, 5) is 9.84. The molecule has 0 N–H and O–H groups in total. The van der Waals surface area contributed by atoms with E-state index in [0.29, 0.717) is 0 Å². The Balaban J connectivity index is 0.000000628. The van der Waals surface area contributed by atoms with E-state index < -0.39 is 11.8 Å². The summed E-state index contributed by atoms with van der Waals surface area (Å²) in [6, 6.07) is 43.1. The zero-order chi connectivity index (χ0) is 29.1. The molecule has 1 aliphatic heterocycles. The zero-order valence-corrected chi connectivity index (χ0v) is 26.8. The van der Waals surface area contributed by atoms with Crippen LogP contribution in [0.25, 0.3) is 0 Å². The van der Waals surface area contributed by atoms with Crippen LogP contribution in [0.1, 0.15) is 60.8 Å². The number of hydrogen-bond donors (Lipinski definition) is 0. The predicted molar refractivity (Wildman–Crippen MR) is 165 cm³/mol. The molecule has 0 aromatic heterocycles. The average Bonchev–Trinajstić information content (AvgIpc) is 3.32. The molecule has 0 saturated carbocycles. The standard InChI is InChI=1S/C33H34O2.C4H6O2.Pt/c1-33(2)34-31(23-29(25-15-7-3-8-16-25)26-17-9-4-10-18-26)32(35-33)24-30(27-19-11-5-12-20-27)28-21-13-6-14-22-28;1-3-4(5)6-2;/h3-22,29-32H,23-24H2,1-2H3;3H,1H2,2H3;/t31-,32-;;/m0../s1. The summed E-state index contributed by atoms with van der Waals surface area (Å²) in [7, 11) is 1.31. The number of hydrogen-bond acceptors (Lipinski definition) is 4. The van der Waals surface area contributed by atoms with Crippen molar-refractivity contribution in [1.29, 1.82) is 0 Å². The Morgan fingerprint density at radius 3 is 1.19 bits per heavy atom. The summed E-state index contributed by atoms with van der Waals surface area (Å²) in [5.74, 6) is -0.510. The van der Waals surface area contributed by atoms with Crippen LogP contribution in [0.2, 0.25) is 0 Å². The minimum absolute atomic E-state index is 0. The van der Waals surface area contributed by atoms with Gasteiger partial charge in [0.25, 0.3) is 0 Å². The first-order valence-electron chi connectivity index (χ1n) is 14.2. The summed E-state index contributed by atoms with van der Waals surface area (Å²) in [5, 5.41) is 0. The molecule has 1 fully saturated rings. The number of ether oxygens (including phenoxy) is 3. The van der Waals surface area contributed by atoms with Crippen LogP contribution in [-0.2, 0) is 40.1 Å². The molecule has 0 bridgehead atoms. The van der Waals surface area contributed by atoms with Crippen LogP contribution in [0.4, 0.5) is 0 Å². The van der Waals surface area contributed by atoms with Gasteiger partial charge in [-0.25, -0.2) is 4.79 Å². The molecule has 2 atom stereocenters. The van der Waals surface area contributed by atoms with Crippen molar-refractivity contribution < 1.29 is 40.1 Å². The van der Waals surface area contributed by atoms with E-state index in [1.165, 1.54) is 29.4 Å². The average molecular weight is 744 g/mol. The second-order valence-electron chi connectivity index (χ2n) is 10.7. The molecule has 222 valence electrons. The van der Waals surface area contributed by atoms with Crippen LogP contribution >= 0.6 is 0 Å². The SMILES string of the molecule is C=CC(=O)OC.CC1(C)O[C@@H](CC(c2ccccc2)c2ccccc2)[C@H](CC(c2ccccc2)c2ccccc2)O1.[Pt]. The molecule has 5 heteroatoms. The van der Waals surface area contributed by atoms with Gasteiger partial charge in [-0.15, -0.1) is 0 Å². The number of carbonyl (C=O) groups excluding carboxylic acids is 1. The van der Waals surface area contributed by atoms with Crippen LogP contribution in [-0.4, -0.2) is 31.1 Å². The Hall–Kier alpha value is -3.30. The fraction of sp³-hybridized carbons (Fsp3) is 0.270. The maximum Gasteiger partial charge on any atom is 0.329 e. The molecule has 42 heavy (non-hydrogen) atoms. The molecule has 0 unspecified atom stereocenters. The molecule has 4 aromatic carbocycles. The van der Waals surface area contributed by atoms with Crippen molar-refractivity contribution in [1.82, 2.24) is 0 Å². The fourth-order valence-electron chi connectivity index (χ4n) is 5.53. The molecular formula is C37H40O4Pt. The third-order valence-corrected chi connectivity index (χ3v) is 7.40. The Morgan fingerprint density at radius 2 is 0.976 bits per heavy atom. The topological polar surface area (TPSA) is 44.8 Å². The van der Waals surface area contributed by atoms with E-state index in [-0.39, 0.29) is 45.1 Å². The van der Waals surface area contributed by atoms with E-state index >= 15 is 0 Å². The number of methoxy groups -OCH3 is 1. The Morgan fingerprint density at radius 1 is 0.690 bits per heavy atom. The van der Waals surface area contributed by atoms with E-state index in [9.17, 15) is 4.79 Å². The van der Waals surface area contributed by atoms with Crippen LogP contribution in [0.5, 0.6) is 0 Å². The maximum absolute atomic E-state index is 9.84. The van der Waals surface area contributed by atoms with Gasteiger partial charge in [-0.3, -0.25) is 0 Å². The first kappa shape index (κ1) is 33.2. The van der Waals surface area contributed by atoms with E-state index in [1.54, 1.807) is 0 Å². The van der Waals surface area contributed by atoms with Gasteiger partial charge in [-0.2, -0.15) is 0 Å². The number of rotatable bonds is 9. The molecular weight excluding hydrogens is 703 g/mol. The van der Waals surface area contributed by atoms with E-state index in [1.807, 2.05) is 13.8 Å². The maximum atomic E-state index is 9.84. The van der Waals surface area contributed by atoms with Crippen molar-refractivity contribution in [3.8, 4) is 0 Å². The first-order chi connectivity index (χ1) is 19.9. The van der Waals surface area contributed by atoms with Crippen LogP contribution in [0.15, 0.2) is 134 Å². The fourth-order valence-corrected chi connectivity index (χ4v) is 5.53. The molecule has 4 aromatic rings. The van der Waals surface area contributed by atoms with Crippen LogP contribution in [0.3, 0.4) is 0 Å². The summed E-state index contributed by atoms with van der Waals surface area (Å²) in [5.41, 5.74) is 5.25. The smallest absolute Gasteiger partial charge is 0.329 e. The third kappa shape index (κ3) is 9.36. The molecule has 0 spiro atoms. The van der Waals surface area contributed by atoms with Gasteiger partial charge in [0.05, 0.1) is 19.3 Å². The molecule has 0 radical (unpaired) electrons. The van der Waals surface area contributed by atoms with Gasteiger partial charge in [-0.1, -0.05) is 128 Å². The van der Waals surface area contributed by atoms with Gasteiger partial charge in [0.15, 0.2) is 5.79 Å². The second kappa shape index (κ2) is 16.4. The van der Waals surface area contributed by atoms with Crippen LogP contribution in [0, 0.1) is 0 Å². The quantitative estimate of drug-likeness (QED) is 0.128. The number of esters is 1. The van der Waals surface area contributed by atoms with Gasteiger partial charge >= 0.3 is 5.97 Å². The van der Waals surface area contributed by atoms with Gasteiger partial charge in [0.2, 0.25) is 0 Å². The summed E-state index contributed by atoms with van der Waals surface area (Å²) < 4.78 is 17.3. The van der Waals surface area contributed by atoms with E-state index in [4.69, 9.17) is 9.47 Å². The Kier molecular flexibility index (Phi) is 12.9. The summed E-state index contributed by atoms with van der Waals surface area (Å²) in [6.45, 7) is 7.24. The minimum Gasteiger partial charge on any atom is -0.466 e. The third-order valence-electron chi connectivity index (χ3n) is 7.40. The van der Waals surface area contributed by atoms with Crippen molar-refractivity contribution in [3.63, 3.8) is 0 Å². The largest absolute Gasteiger partial charge is 0.466 e. The van der Waals surface area contributed by atoms with Gasteiger partial charge in [-0.05, 0) is 48.9 Å². The van der Waals surface area contributed by atoms with Crippen molar-refractivity contribution >= 4 is 5.97 Å². The van der Waals surface area contributed by atoms with Gasteiger partial charge in [0, 0.05) is 39.0 Å². The van der Waals surface area contributed by atoms with E-state index in [2.05, 4.69) is 133 Å². The van der Waals surface area contributed by atoms with Gasteiger partial charge in [0.1, 0.15) is 0 Å². The molecule has 1 heterocycles. The Labute approximate surface area is 265 Å². The Bertz CT molecular complexity index is 1170. The molecule has 0 aliphatic carbocycles. The molecule has 4 nitrogen and oxygen atoms in total. The molecule has 1 aliphatic rings. The monoisotopic (exact) mass is 743 g/mol. The van der Waals surface area contributed by atoms with Crippen molar-refractivity contribution in [2.75, 3.05) is 7.11 Å². The van der Waals surface area contributed by atoms with E-state index in [0.717, 1.165) is 18.9 Å². The van der Waals surface area contributed by atoms with Crippen LogP contribution < -0.4 is 0 Å². The molecule has 5 rings (SSSR count). The van der Waals surface area contributed by atoms with Crippen molar-refractivity contribution in [2.24, 2.45) is 0 Å². The number of benzene rings is 4. The first-order valence-corrected chi connectivity index (χ1v) is 14.2. The minimum atomic E-state index is -0.606. The van der Waals surface area contributed by atoms with Crippen molar-refractivity contribution in [3.05, 3.63) is 156 Å². The zero-order valence-electron chi connectivity index (χ0n) is 24.5. The predicted octanol–water partition coefficient (Wildman–Crippen LogP) is 8.29. The summed E-state index contributed by atoms with van der Waals surface area (Å²) >= 11 is 0. The number of carbonyl (C=O) groups is 1. The molecule has 0 amide bonds. The van der Waals surface area contributed by atoms with Crippen molar-refractivity contribution in [2.45, 2.75) is 56.5 Å². The molecule has 1 saturated heterocycles.